The van der Waals surface area contributed by atoms with Crippen molar-refractivity contribution in [3.8, 4) is 0 Å². The fraction of sp³-hybridized carbons (Fsp3) is 0.913. The van der Waals surface area contributed by atoms with Crippen molar-refractivity contribution in [2.45, 2.75) is 95.0 Å². The number of nitrogens with zero attached hydrogens (tertiary/aromatic N) is 2. The Kier molecular flexibility index (Phi) is 7.17. The molecule has 0 radical (unpaired) electrons. The van der Waals surface area contributed by atoms with E-state index in [1.165, 1.54) is 0 Å². The van der Waals surface area contributed by atoms with Crippen LogP contribution >= 0.6 is 0 Å². The summed E-state index contributed by atoms with van der Waals surface area (Å²) in [6, 6.07) is 0.254. The molecule has 0 aromatic heterocycles. The van der Waals surface area contributed by atoms with Crippen molar-refractivity contribution in [1.82, 2.24) is 14.5 Å². The molecule has 32 heavy (non-hydrogen) atoms. The van der Waals surface area contributed by atoms with Crippen LogP contribution in [0, 0.1) is 17.8 Å². The Morgan fingerprint density at radius 1 is 0.969 bits per heavy atom. The van der Waals surface area contributed by atoms with E-state index in [2.05, 4.69) is 16.5 Å². The van der Waals surface area contributed by atoms with Crippen LogP contribution in [-0.4, -0.2) is 78.2 Å². The topological polar surface area (TPSA) is 107 Å². The number of hydrogen-bond donors (Lipinski definition) is 2. The number of aliphatic hydroxyl groups is 1. The van der Waals surface area contributed by atoms with E-state index in [1.807, 2.05) is 4.90 Å². The Morgan fingerprint density at radius 2 is 1.62 bits per heavy atom. The molecular weight excluding hydrogens is 430 g/mol. The number of rotatable bonds is 6. The Bertz CT molecular complexity index is 806. The van der Waals surface area contributed by atoms with Crippen molar-refractivity contribution in [1.29, 1.82) is 0 Å². The molecule has 1 heterocycles. The molecular formula is C23H39N3O5S. The third kappa shape index (κ3) is 4.85. The lowest BCUT2D eigenvalue weighted by molar-refractivity contribution is -0.155. The largest absolute Gasteiger partial charge is 0.395 e. The zero-order valence-corrected chi connectivity index (χ0v) is 20.2. The summed E-state index contributed by atoms with van der Waals surface area (Å²) >= 11 is 0. The summed E-state index contributed by atoms with van der Waals surface area (Å²) in [4.78, 5) is 29.6. The second-order valence-corrected chi connectivity index (χ2v) is 12.5. The lowest BCUT2D eigenvalue weighted by atomic mass is 9.69. The highest BCUT2D eigenvalue weighted by molar-refractivity contribution is 7.90. The summed E-state index contributed by atoms with van der Waals surface area (Å²) in [5, 5.41) is 8.55. The quantitative estimate of drug-likeness (QED) is 0.613. The van der Waals surface area contributed by atoms with Gasteiger partial charge in [0.1, 0.15) is 0 Å². The molecule has 3 aliphatic carbocycles. The predicted octanol–water partition coefficient (Wildman–Crippen LogP) is 1.48. The molecule has 0 aromatic rings. The van der Waals surface area contributed by atoms with Gasteiger partial charge in [-0.2, -0.15) is 0 Å². The standard InChI is InChI=1S/C23H39N3O5S/c1-15-14-25(23(29)18-3-4-18)22-13-19(7-10-21(22)26(15)16(2)28)17-5-8-20(9-6-17)32(30,31)24-11-12-27/h15,17-22,24,27H,3-14H2,1-2H3/t15-,17?,19?,20?,21?,22?/m0/s1. The first-order valence-corrected chi connectivity index (χ1v) is 14.0. The van der Waals surface area contributed by atoms with E-state index < -0.39 is 10.0 Å². The lowest BCUT2D eigenvalue weighted by Gasteiger charge is -2.55. The van der Waals surface area contributed by atoms with Crippen LogP contribution in [-0.2, 0) is 19.6 Å². The minimum absolute atomic E-state index is 0.0556. The molecule has 4 atom stereocenters. The molecule has 1 saturated heterocycles. The van der Waals surface area contributed by atoms with Crippen LogP contribution in [0.25, 0.3) is 0 Å². The van der Waals surface area contributed by atoms with E-state index in [-0.39, 0.29) is 54.3 Å². The number of fused-ring (bicyclic) bond motifs is 1. The minimum atomic E-state index is -3.37. The maximum absolute atomic E-state index is 13.1. The molecule has 182 valence electrons. The van der Waals surface area contributed by atoms with Gasteiger partial charge in [-0.1, -0.05) is 0 Å². The number of carbonyl (C=O) groups is 2. The van der Waals surface area contributed by atoms with Crippen molar-refractivity contribution in [2.24, 2.45) is 17.8 Å². The van der Waals surface area contributed by atoms with E-state index in [0.717, 1.165) is 44.9 Å². The summed E-state index contributed by atoms with van der Waals surface area (Å²) < 4.78 is 27.4. The summed E-state index contributed by atoms with van der Waals surface area (Å²) in [6.45, 7) is 4.22. The lowest BCUT2D eigenvalue weighted by Crippen LogP contribution is -2.67. The molecule has 4 rings (SSSR count). The number of aliphatic hydroxyl groups excluding tert-OH is 1. The predicted molar refractivity (Wildman–Crippen MR) is 121 cm³/mol. The van der Waals surface area contributed by atoms with Crippen molar-refractivity contribution in [3.63, 3.8) is 0 Å². The monoisotopic (exact) mass is 469 g/mol. The van der Waals surface area contributed by atoms with E-state index >= 15 is 0 Å². The van der Waals surface area contributed by atoms with Crippen LogP contribution in [0.2, 0.25) is 0 Å². The van der Waals surface area contributed by atoms with Gasteiger partial charge in [0.05, 0.1) is 23.9 Å². The first-order chi connectivity index (χ1) is 15.2. The molecule has 2 N–H and O–H groups in total. The Morgan fingerprint density at radius 3 is 2.22 bits per heavy atom. The van der Waals surface area contributed by atoms with Gasteiger partial charge in [-0.3, -0.25) is 9.59 Å². The van der Waals surface area contributed by atoms with Gasteiger partial charge in [-0.05, 0) is 76.5 Å². The molecule has 9 heteroatoms. The fourth-order valence-corrected chi connectivity index (χ4v) is 8.13. The summed E-state index contributed by atoms with van der Waals surface area (Å²) in [5.41, 5.74) is 0. The smallest absolute Gasteiger partial charge is 0.226 e. The van der Waals surface area contributed by atoms with Crippen LogP contribution in [0.4, 0.5) is 0 Å². The molecule has 0 bridgehead atoms. The number of amides is 2. The van der Waals surface area contributed by atoms with Gasteiger partial charge in [-0.15, -0.1) is 0 Å². The number of sulfonamides is 1. The molecule has 1 aliphatic heterocycles. The molecule has 3 saturated carbocycles. The van der Waals surface area contributed by atoms with Crippen molar-refractivity contribution >= 4 is 21.8 Å². The molecule has 4 fully saturated rings. The van der Waals surface area contributed by atoms with Gasteiger partial charge in [-0.25, -0.2) is 13.1 Å². The highest BCUT2D eigenvalue weighted by atomic mass is 32.2. The fourth-order valence-electron chi connectivity index (χ4n) is 6.62. The third-order valence-corrected chi connectivity index (χ3v) is 10.3. The van der Waals surface area contributed by atoms with Crippen molar-refractivity contribution < 1.29 is 23.1 Å². The number of carbonyl (C=O) groups excluding carboxylic acids is 2. The van der Waals surface area contributed by atoms with Crippen molar-refractivity contribution in [2.75, 3.05) is 19.7 Å². The maximum Gasteiger partial charge on any atom is 0.226 e. The second-order valence-electron chi connectivity index (χ2n) is 10.4. The second kappa shape index (κ2) is 9.58. The van der Waals surface area contributed by atoms with Crippen LogP contribution in [0.3, 0.4) is 0 Å². The average Bonchev–Trinajstić information content (AvgIpc) is 3.61. The first-order valence-electron chi connectivity index (χ1n) is 12.4. The highest BCUT2D eigenvalue weighted by Crippen LogP contribution is 2.44. The molecule has 4 aliphatic rings. The average molecular weight is 470 g/mol. The normalized spacial score (nSPS) is 36.0. The Balaban J connectivity index is 1.42. The van der Waals surface area contributed by atoms with Gasteiger partial charge in [0.2, 0.25) is 21.8 Å². The van der Waals surface area contributed by atoms with Crippen LogP contribution < -0.4 is 4.72 Å². The maximum atomic E-state index is 13.1. The molecule has 0 aromatic carbocycles. The van der Waals surface area contributed by atoms with Gasteiger partial charge in [0.25, 0.3) is 0 Å². The first kappa shape index (κ1) is 24.0. The van der Waals surface area contributed by atoms with Crippen molar-refractivity contribution in [3.05, 3.63) is 0 Å². The van der Waals surface area contributed by atoms with E-state index in [0.29, 0.717) is 31.2 Å². The SMILES string of the molecule is CC(=O)N1C2CCC(C3CCC(S(=O)(=O)NCCO)CC3)CC2N(C(=O)C2CC2)C[C@@H]1C. The van der Waals surface area contributed by atoms with Gasteiger partial charge in [0, 0.05) is 32.0 Å². The summed E-state index contributed by atoms with van der Waals surface area (Å²) in [5.74, 6) is 1.51. The molecule has 3 unspecified atom stereocenters. The highest BCUT2D eigenvalue weighted by Gasteiger charge is 2.49. The Labute approximate surface area is 192 Å². The summed E-state index contributed by atoms with van der Waals surface area (Å²) in [7, 11) is -3.37. The molecule has 8 nitrogen and oxygen atoms in total. The van der Waals surface area contributed by atoms with Crippen LogP contribution in [0.15, 0.2) is 0 Å². The van der Waals surface area contributed by atoms with Crippen LogP contribution in [0.1, 0.15) is 71.6 Å². The van der Waals surface area contributed by atoms with Crippen LogP contribution in [0.5, 0.6) is 0 Å². The van der Waals surface area contributed by atoms with Gasteiger partial charge >= 0.3 is 0 Å². The zero-order valence-electron chi connectivity index (χ0n) is 19.4. The molecule has 0 spiro atoms. The van der Waals surface area contributed by atoms with E-state index in [9.17, 15) is 18.0 Å². The number of nitrogens with one attached hydrogen (secondary N) is 1. The number of hydrogen-bond acceptors (Lipinski definition) is 5. The molecule has 2 amide bonds. The Hall–Kier alpha value is -1.19. The number of piperazine rings is 1. The van der Waals surface area contributed by atoms with Gasteiger partial charge < -0.3 is 14.9 Å². The van der Waals surface area contributed by atoms with Gasteiger partial charge in [0.15, 0.2) is 0 Å². The third-order valence-electron chi connectivity index (χ3n) is 8.33. The summed E-state index contributed by atoms with van der Waals surface area (Å²) in [6.07, 6.45) is 7.93. The van der Waals surface area contributed by atoms with E-state index in [4.69, 9.17) is 5.11 Å². The zero-order chi connectivity index (χ0) is 23.0. The van der Waals surface area contributed by atoms with E-state index in [1.54, 1.807) is 6.92 Å². The minimum Gasteiger partial charge on any atom is -0.395 e.